The minimum Gasteiger partial charge on any atom is -0.459 e. The van der Waals surface area contributed by atoms with E-state index in [1.807, 2.05) is 23.9 Å². The molecule has 0 bridgehead atoms. The van der Waals surface area contributed by atoms with Crippen LogP contribution >= 0.6 is 11.8 Å². The molecule has 0 radical (unpaired) electrons. The summed E-state index contributed by atoms with van der Waals surface area (Å²) < 4.78 is 5.87. The Balaban J connectivity index is 1.94. The van der Waals surface area contributed by atoms with Gasteiger partial charge < -0.3 is 10.2 Å². The normalized spacial score (nSPS) is 21.1. The van der Waals surface area contributed by atoms with E-state index in [0.29, 0.717) is 12.6 Å². The van der Waals surface area contributed by atoms with Gasteiger partial charge in [-0.25, -0.2) is 0 Å². The molecule has 2 aromatic rings. The van der Waals surface area contributed by atoms with Gasteiger partial charge in [-0.2, -0.15) is 11.8 Å². The SMILES string of the molecule is CC1CSCCN1Cc1c(CN)oc2ccccc12. The molecule has 3 rings (SSSR count). The number of nitrogens with zero attached hydrogens (tertiary/aromatic N) is 1. The van der Waals surface area contributed by atoms with Crippen molar-refractivity contribution in [2.24, 2.45) is 5.73 Å². The predicted octanol–water partition coefficient (Wildman–Crippen LogP) is 2.83. The number of fused-ring (bicyclic) bond motifs is 1. The van der Waals surface area contributed by atoms with Crippen LogP contribution in [0, 0.1) is 0 Å². The summed E-state index contributed by atoms with van der Waals surface area (Å²) in [6.07, 6.45) is 0. The average Bonchev–Trinajstić information content (AvgIpc) is 2.79. The van der Waals surface area contributed by atoms with Gasteiger partial charge in [-0.1, -0.05) is 18.2 Å². The van der Waals surface area contributed by atoms with E-state index in [1.54, 1.807) is 0 Å². The van der Waals surface area contributed by atoms with Crippen LogP contribution in [0.3, 0.4) is 0 Å². The largest absolute Gasteiger partial charge is 0.459 e. The Labute approximate surface area is 118 Å². The second kappa shape index (κ2) is 5.57. The molecule has 2 N–H and O–H groups in total. The molecule has 3 nitrogen and oxygen atoms in total. The summed E-state index contributed by atoms with van der Waals surface area (Å²) in [5.41, 5.74) is 8.07. The van der Waals surface area contributed by atoms with Gasteiger partial charge in [0.05, 0.1) is 6.54 Å². The Morgan fingerprint density at radius 3 is 3.05 bits per heavy atom. The molecule has 4 heteroatoms. The topological polar surface area (TPSA) is 42.4 Å². The summed E-state index contributed by atoms with van der Waals surface area (Å²) in [6.45, 7) is 4.87. The van der Waals surface area contributed by atoms with Gasteiger partial charge in [0.15, 0.2) is 0 Å². The summed E-state index contributed by atoms with van der Waals surface area (Å²) in [5.74, 6) is 3.37. The lowest BCUT2D eigenvalue weighted by Crippen LogP contribution is -2.39. The van der Waals surface area contributed by atoms with Gasteiger partial charge in [0.2, 0.25) is 0 Å². The van der Waals surface area contributed by atoms with Gasteiger partial charge in [-0.3, -0.25) is 4.90 Å². The van der Waals surface area contributed by atoms with E-state index >= 15 is 0 Å². The summed E-state index contributed by atoms with van der Waals surface area (Å²) in [5, 5.41) is 1.22. The van der Waals surface area contributed by atoms with Crippen molar-refractivity contribution in [2.75, 3.05) is 18.1 Å². The van der Waals surface area contributed by atoms with Gasteiger partial charge in [0.25, 0.3) is 0 Å². The van der Waals surface area contributed by atoms with Crippen molar-refractivity contribution in [3.05, 3.63) is 35.6 Å². The van der Waals surface area contributed by atoms with Crippen LogP contribution < -0.4 is 5.73 Å². The molecule has 1 saturated heterocycles. The highest BCUT2D eigenvalue weighted by molar-refractivity contribution is 7.99. The number of furan rings is 1. The van der Waals surface area contributed by atoms with E-state index in [4.69, 9.17) is 10.2 Å². The van der Waals surface area contributed by atoms with Crippen molar-refractivity contribution in [1.29, 1.82) is 0 Å². The lowest BCUT2D eigenvalue weighted by Gasteiger charge is -2.32. The Hall–Kier alpha value is -0.970. The molecule has 1 unspecified atom stereocenters. The molecule has 2 heterocycles. The van der Waals surface area contributed by atoms with Crippen LogP contribution in [-0.2, 0) is 13.1 Å². The molecule has 1 aliphatic heterocycles. The third-order valence-corrected chi connectivity index (χ3v) is 5.02. The number of nitrogens with two attached hydrogens (primary N) is 1. The Bertz CT molecular complexity index is 566. The second-order valence-corrected chi connectivity index (χ2v) is 6.25. The first-order valence-corrected chi connectivity index (χ1v) is 7.96. The van der Waals surface area contributed by atoms with E-state index in [9.17, 15) is 0 Å². The zero-order chi connectivity index (χ0) is 13.2. The molecule has 19 heavy (non-hydrogen) atoms. The number of rotatable bonds is 3. The zero-order valence-electron chi connectivity index (χ0n) is 11.3. The number of benzene rings is 1. The monoisotopic (exact) mass is 276 g/mol. The number of thioether (sulfide) groups is 1. The van der Waals surface area contributed by atoms with Crippen LogP contribution in [0.4, 0.5) is 0 Å². The van der Waals surface area contributed by atoms with Gasteiger partial charge in [-0.15, -0.1) is 0 Å². The van der Waals surface area contributed by atoms with E-state index < -0.39 is 0 Å². The van der Waals surface area contributed by atoms with Gasteiger partial charge in [0, 0.05) is 41.6 Å². The first-order chi connectivity index (χ1) is 9.29. The zero-order valence-corrected chi connectivity index (χ0v) is 12.1. The van der Waals surface area contributed by atoms with Crippen LogP contribution in [-0.4, -0.2) is 29.0 Å². The quantitative estimate of drug-likeness (QED) is 0.936. The maximum Gasteiger partial charge on any atom is 0.134 e. The lowest BCUT2D eigenvalue weighted by atomic mass is 10.1. The molecule has 0 amide bonds. The number of hydrogen-bond acceptors (Lipinski definition) is 4. The molecular formula is C15H20N2OS. The van der Waals surface area contributed by atoms with Crippen LogP contribution in [0.2, 0.25) is 0 Å². The lowest BCUT2D eigenvalue weighted by molar-refractivity contribution is 0.223. The van der Waals surface area contributed by atoms with E-state index in [2.05, 4.69) is 24.0 Å². The molecule has 0 spiro atoms. The number of para-hydroxylation sites is 1. The second-order valence-electron chi connectivity index (χ2n) is 5.10. The van der Waals surface area contributed by atoms with Crippen molar-refractivity contribution in [3.8, 4) is 0 Å². The molecule has 1 aliphatic rings. The highest BCUT2D eigenvalue weighted by atomic mass is 32.2. The maximum absolute atomic E-state index is 5.87. The summed E-state index contributed by atoms with van der Waals surface area (Å²) in [6, 6.07) is 8.86. The van der Waals surface area contributed by atoms with Crippen LogP contribution in [0.25, 0.3) is 11.0 Å². The minimum absolute atomic E-state index is 0.473. The summed E-state index contributed by atoms with van der Waals surface area (Å²) in [7, 11) is 0. The third kappa shape index (κ3) is 2.53. The van der Waals surface area contributed by atoms with Crippen molar-refractivity contribution in [3.63, 3.8) is 0 Å². The first-order valence-electron chi connectivity index (χ1n) is 6.80. The van der Waals surface area contributed by atoms with E-state index in [-0.39, 0.29) is 0 Å². The maximum atomic E-state index is 5.87. The van der Waals surface area contributed by atoms with Crippen LogP contribution in [0.1, 0.15) is 18.2 Å². The van der Waals surface area contributed by atoms with Crippen molar-refractivity contribution in [2.45, 2.75) is 26.1 Å². The Morgan fingerprint density at radius 1 is 1.42 bits per heavy atom. The Morgan fingerprint density at radius 2 is 2.26 bits per heavy atom. The highest BCUT2D eigenvalue weighted by Crippen LogP contribution is 2.28. The van der Waals surface area contributed by atoms with Gasteiger partial charge in [0.1, 0.15) is 11.3 Å². The molecule has 102 valence electrons. The molecule has 1 atom stereocenters. The minimum atomic E-state index is 0.473. The highest BCUT2D eigenvalue weighted by Gasteiger charge is 2.22. The fraction of sp³-hybridized carbons (Fsp3) is 0.467. The molecule has 1 fully saturated rings. The van der Waals surface area contributed by atoms with E-state index in [1.165, 1.54) is 22.5 Å². The standard InChI is InChI=1S/C15H20N2OS/c1-11-10-19-7-6-17(11)9-13-12-4-2-3-5-14(12)18-15(13)8-16/h2-5,11H,6-10,16H2,1H3. The molecule has 0 saturated carbocycles. The van der Waals surface area contributed by atoms with Crippen molar-refractivity contribution in [1.82, 2.24) is 4.90 Å². The fourth-order valence-corrected chi connectivity index (χ4v) is 3.77. The first kappa shape index (κ1) is 13.0. The van der Waals surface area contributed by atoms with Gasteiger partial charge in [-0.05, 0) is 13.0 Å². The summed E-state index contributed by atoms with van der Waals surface area (Å²) >= 11 is 2.04. The average molecular weight is 276 g/mol. The third-order valence-electron chi connectivity index (χ3n) is 3.83. The fourth-order valence-electron chi connectivity index (χ4n) is 2.69. The van der Waals surface area contributed by atoms with Crippen molar-refractivity contribution < 1.29 is 4.42 Å². The van der Waals surface area contributed by atoms with Gasteiger partial charge >= 0.3 is 0 Å². The smallest absolute Gasteiger partial charge is 0.134 e. The molecular weight excluding hydrogens is 256 g/mol. The summed E-state index contributed by atoms with van der Waals surface area (Å²) in [4.78, 5) is 2.53. The van der Waals surface area contributed by atoms with Crippen LogP contribution in [0.15, 0.2) is 28.7 Å². The molecule has 1 aromatic carbocycles. The molecule has 1 aromatic heterocycles. The van der Waals surface area contributed by atoms with Crippen molar-refractivity contribution >= 4 is 22.7 Å². The number of hydrogen-bond donors (Lipinski definition) is 1. The molecule has 0 aliphatic carbocycles. The predicted molar refractivity (Wildman–Crippen MR) is 81.3 cm³/mol. The van der Waals surface area contributed by atoms with E-state index in [0.717, 1.165) is 24.4 Å². The van der Waals surface area contributed by atoms with Crippen LogP contribution in [0.5, 0.6) is 0 Å². The Kier molecular flexibility index (Phi) is 3.82.